The lowest BCUT2D eigenvalue weighted by Gasteiger charge is -2.43. The summed E-state index contributed by atoms with van der Waals surface area (Å²) in [5.74, 6) is 3.09. The number of alkyl halides is 2. The summed E-state index contributed by atoms with van der Waals surface area (Å²) in [6.45, 7) is 19.7. The van der Waals surface area contributed by atoms with Crippen LogP contribution in [0.4, 0.5) is 8.78 Å². The Morgan fingerprint density at radius 3 is 1.25 bits per heavy atom. The number of piperidine rings is 2. The third kappa shape index (κ3) is 8.76. The van der Waals surface area contributed by atoms with Gasteiger partial charge < -0.3 is 8.83 Å². The standard InChI is InChI=1S/C37H58F2N6O3/c1-27(2)42-17-21-44(22-18-42)35(33-7-5-31(47-33)25-40-13-9-29(38)10-14-40)37(46)36(45-23-19-43(20-24-45)28(3)4)34-8-6-32(48-34)26-41-15-11-30(39)12-16-41/h5-8,27-30,35-36H,9-26H2,1-4H3. The number of nitrogens with zero attached hydrogens (tertiary/aromatic N) is 6. The second-order valence-corrected chi connectivity index (χ2v) is 15.0. The molecule has 0 aliphatic carbocycles. The molecule has 0 aromatic carbocycles. The van der Waals surface area contributed by atoms with E-state index in [1.165, 1.54) is 0 Å². The highest BCUT2D eigenvalue weighted by molar-refractivity contribution is 5.90. The Morgan fingerprint density at radius 2 is 0.917 bits per heavy atom. The summed E-state index contributed by atoms with van der Waals surface area (Å²) in [4.78, 5) is 29.2. The minimum Gasteiger partial charge on any atom is -0.463 e. The minimum absolute atomic E-state index is 0.0873. The van der Waals surface area contributed by atoms with Crippen LogP contribution in [-0.4, -0.2) is 138 Å². The van der Waals surface area contributed by atoms with Crippen molar-refractivity contribution in [3.63, 3.8) is 0 Å². The molecule has 11 heteroatoms. The molecule has 2 unspecified atom stereocenters. The molecule has 0 N–H and O–H groups in total. The summed E-state index contributed by atoms with van der Waals surface area (Å²) in [5.41, 5.74) is 0. The first kappa shape index (κ1) is 35.7. The largest absolute Gasteiger partial charge is 0.463 e. The molecule has 0 radical (unpaired) electrons. The smallest absolute Gasteiger partial charge is 0.182 e. The number of furan rings is 2. The maximum Gasteiger partial charge on any atom is 0.182 e. The topological polar surface area (TPSA) is 62.8 Å². The lowest BCUT2D eigenvalue weighted by Crippen LogP contribution is -2.54. The van der Waals surface area contributed by atoms with Crippen LogP contribution in [-0.2, 0) is 17.9 Å². The van der Waals surface area contributed by atoms with Crippen molar-refractivity contribution in [2.45, 2.75) is 103 Å². The summed E-state index contributed by atoms with van der Waals surface area (Å²) < 4.78 is 40.7. The molecule has 4 saturated heterocycles. The van der Waals surface area contributed by atoms with Gasteiger partial charge in [0.1, 0.15) is 47.5 Å². The Morgan fingerprint density at radius 1 is 0.583 bits per heavy atom. The molecule has 48 heavy (non-hydrogen) atoms. The van der Waals surface area contributed by atoms with E-state index in [1.807, 2.05) is 24.3 Å². The molecular formula is C37H58F2N6O3. The number of likely N-dealkylation sites (tertiary alicyclic amines) is 2. The summed E-state index contributed by atoms with van der Waals surface area (Å²) in [6, 6.07) is 7.80. The van der Waals surface area contributed by atoms with Crippen molar-refractivity contribution >= 4 is 5.78 Å². The second-order valence-electron chi connectivity index (χ2n) is 15.0. The van der Waals surface area contributed by atoms with Crippen molar-refractivity contribution in [2.75, 3.05) is 78.5 Å². The lowest BCUT2D eigenvalue weighted by molar-refractivity contribution is -0.133. The van der Waals surface area contributed by atoms with Crippen molar-refractivity contribution in [3.05, 3.63) is 47.3 Å². The molecule has 268 valence electrons. The zero-order valence-electron chi connectivity index (χ0n) is 29.7. The molecule has 0 amide bonds. The first-order valence-electron chi connectivity index (χ1n) is 18.5. The van der Waals surface area contributed by atoms with E-state index in [2.05, 4.69) is 57.1 Å². The summed E-state index contributed by atoms with van der Waals surface area (Å²) >= 11 is 0. The van der Waals surface area contributed by atoms with Gasteiger partial charge in [-0.15, -0.1) is 0 Å². The van der Waals surface area contributed by atoms with Crippen LogP contribution in [0.25, 0.3) is 0 Å². The second kappa shape index (κ2) is 16.2. The first-order valence-corrected chi connectivity index (χ1v) is 18.5. The van der Waals surface area contributed by atoms with E-state index >= 15 is 4.79 Å². The third-order valence-electron chi connectivity index (χ3n) is 11.1. The highest BCUT2D eigenvalue weighted by atomic mass is 19.1. The first-order chi connectivity index (χ1) is 23.1. The van der Waals surface area contributed by atoms with E-state index in [0.717, 1.165) is 63.9 Å². The fraction of sp³-hybridized carbons (Fsp3) is 0.757. The maximum absolute atomic E-state index is 15.2. The Bertz CT molecular complexity index is 1190. The van der Waals surface area contributed by atoms with Gasteiger partial charge in [-0.2, -0.15) is 0 Å². The number of hydrogen-bond donors (Lipinski definition) is 0. The summed E-state index contributed by atoms with van der Waals surface area (Å²) in [7, 11) is 0. The van der Waals surface area contributed by atoms with Crippen molar-refractivity contribution in [2.24, 2.45) is 0 Å². The Kier molecular flexibility index (Phi) is 12.1. The van der Waals surface area contributed by atoms with Gasteiger partial charge in [0, 0.05) is 90.6 Å². The van der Waals surface area contributed by atoms with Crippen LogP contribution in [0.2, 0.25) is 0 Å². The van der Waals surface area contributed by atoms with Crippen LogP contribution in [0.5, 0.6) is 0 Å². The average Bonchev–Trinajstić information content (AvgIpc) is 3.74. The molecule has 2 atom stereocenters. The van der Waals surface area contributed by atoms with E-state index < -0.39 is 24.4 Å². The Balaban J connectivity index is 1.27. The fourth-order valence-electron chi connectivity index (χ4n) is 7.99. The number of piperazine rings is 2. The molecule has 6 rings (SSSR count). The van der Waals surface area contributed by atoms with Gasteiger partial charge in [-0.3, -0.25) is 34.2 Å². The number of carbonyl (C=O) groups excluding carboxylic acids is 1. The van der Waals surface area contributed by atoms with Crippen LogP contribution in [0.3, 0.4) is 0 Å². The zero-order chi connectivity index (χ0) is 33.8. The molecule has 2 aromatic rings. The van der Waals surface area contributed by atoms with E-state index in [0.29, 0.717) is 88.6 Å². The number of ketones is 1. The minimum atomic E-state index is -0.719. The number of Topliss-reactive ketones (excluding diaryl/α,β-unsaturated/α-hetero) is 1. The molecule has 6 heterocycles. The maximum atomic E-state index is 15.2. The SMILES string of the molecule is CC(C)N1CCN(C(C(=O)C(c2ccc(CN3CCC(F)CC3)o2)N2CCN(C(C)C)CC2)c2ccc(CN3CCC(F)CC3)o2)CC1. The number of hydrogen-bond acceptors (Lipinski definition) is 9. The number of rotatable bonds is 12. The summed E-state index contributed by atoms with van der Waals surface area (Å²) in [5, 5.41) is 0. The monoisotopic (exact) mass is 672 g/mol. The van der Waals surface area contributed by atoms with Gasteiger partial charge in [-0.1, -0.05) is 0 Å². The van der Waals surface area contributed by atoms with E-state index in [9.17, 15) is 8.78 Å². The molecule has 2 aromatic heterocycles. The molecule has 4 aliphatic heterocycles. The quantitative estimate of drug-likeness (QED) is 0.305. The Labute approximate surface area is 286 Å². The average molecular weight is 673 g/mol. The van der Waals surface area contributed by atoms with Crippen LogP contribution >= 0.6 is 0 Å². The third-order valence-corrected chi connectivity index (χ3v) is 11.1. The molecule has 9 nitrogen and oxygen atoms in total. The normalized spacial score (nSPS) is 24.2. The molecule has 0 saturated carbocycles. The summed E-state index contributed by atoms with van der Waals surface area (Å²) in [6.07, 6.45) is 0.784. The van der Waals surface area contributed by atoms with Crippen LogP contribution < -0.4 is 0 Å². The molecule has 4 aliphatic rings. The van der Waals surface area contributed by atoms with Gasteiger partial charge in [0.2, 0.25) is 0 Å². The fourth-order valence-corrected chi connectivity index (χ4v) is 7.99. The van der Waals surface area contributed by atoms with Gasteiger partial charge >= 0.3 is 0 Å². The van der Waals surface area contributed by atoms with Gasteiger partial charge in [0.15, 0.2) is 5.78 Å². The number of carbonyl (C=O) groups is 1. The van der Waals surface area contributed by atoms with Crippen LogP contribution in [0, 0.1) is 0 Å². The molecule has 0 bridgehead atoms. The van der Waals surface area contributed by atoms with E-state index in [-0.39, 0.29) is 5.78 Å². The highest BCUT2D eigenvalue weighted by Gasteiger charge is 2.42. The Hall–Kier alpha value is -2.15. The predicted molar refractivity (Wildman–Crippen MR) is 183 cm³/mol. The van der Waals surface area contributed by atoms with Gasteiger partial charge in [-0.05, 0) is 77.6 Å². The van der Waals surface area contributed by atoms with E-state index in [1.54, 1.807) is 0 Å². The van der Waals surface area contributed by atoms with Crippen molar-refractivity contribution in [1.29, 1.82) is 0 Å². The van der Waals surface area contributed by atoms with Crippen molar-refractivity contribution in [1.82, 2.24) is 29.4 Å². The number of halogens is 2. The van der Waals surface area contributed by atoms with Gasteiger partial charge in [-0.25, -0.2) is 8.78 Å². The highest BCUT2D eigenvalue weighted by Crippen LogP contribution is 2.36. The van der Waals surface area contributed by atoms with Gasteiger partial charge in [0.05, 0.1) is 13.1 Å². The predicted octanol–water partition coefficient (Wildman–Crippen LogP) is 5.14. The zero-order valence-corrected chi connectivity index (χ0v) is 29.7. The van der Waals surface area contributed by atoms with Gasteiger partial charge in [0.25, 0.3) is 0 Å². The van der Waals surface area contributed by atoms with E-state index in [4.69, 9.17) is 8.83 Å². The molecule has 0 spiro atoms. The van der Waals surface area contributed by atoms with Crippen molar-refractivity contribution in [3.8, 4) is 0 Å². The van der Waals surface area contributed by atoms with Crippen molar-refractivity contribution < 1.29 is 22.4 Å². The molecule has 4 fully saturated rings. The lowest BCUT2D eigenvalue weighted by atomic mass is 9.96. The van der Waals surface area contributed by atoms with Crippen LogP contribution in [0.15, 0.2) is 33.1 Å². The molecular weight excluding hydrogens is 614 g/mol. The van der Waals surface area contributed by atoms with Crippen LogP contribution in [0.1, 0.15) is 88.5 Å².